The topological polar surface area (TPSA) is 64.7 Å². The highest BCUT2D eigenvalue weighted by Gasteiger charge is 2.10. The number of carbonyl (C=O) groups is 1. The largest absolute Gasteiger partial charge is 0.319 e. The molecule has 2 aromatic heterocycles. The Morgan fingerprint density at radius 2 is 1.90 bits per heavy atom. The van der Waals surface area contributed by atoms with E-state index in [0.717, 1.165) is 22.5 Å². The van der Waals surface area contributed by atoms with E-state index in [1.165, 1.54) is 0 Å². The van der Waals surface area contributed by atoms with E-state index in [4.69, 9.17) is 11.6 Å². The molecule has 0 aliphatic rings. The van der Waals surface area contributed by atoms with Gasteiger partial charge in [0.1, 0.15) is 0 Å². The summed E-state index contributed by atoms with van der Waals surface area (Å²) in [6.07, 6.45) is 3.43. The monoisotopic (exact) mass is 419 g/mol. The minimum atomic E-state index is -0.178. The van der Waals surface area contributed by atoms with Crippen LogP contribution in [0.5, 0.6) is 0 Å². The van der Waals surface area contributed by atoms with E-state index in [1.54, 1.807) is 23.1 Å². The van der Waals surface area contributed by atoms with Crippen LogP contribution in [0.1, 0.15) is 32.9 Å². The minimum absolute atomic E-state index is 0.178. The van der Waals surface area contributed by atoms with E-state index < -0.39 is 0 Å². The summed E-state index contributed by atoms with van der Waals surface area (Å²) < 4.78 is 3.68. The van der Waals surface area contributed by atoms with Crippen LogP contribution in [-0.2, 0) is 13.1 Å². The normalized spacial score (nSPS) is 10.9. The molecule has 30 heavy (non-hydrogen) atoms. The Kier molecular flexibility index (Phi) is 5.68. The van der Waals surface area contributed by atoms with Crippen LogP contribution in [0.3, 0.4) is 0 Å². The zero-order valence-corrected chi connectivity index (χ0v) is 17.6. The average Bonchev–Trinajstić information content (AvgIpc) is 3.29. The minimum Gasteiger partial charge on any atom is -0.319 e. The Morgan fingerprint density at radius 3 is 2.67 bits per heavy atom. The molecule has 0 unspecified atom stereocenters. The summed E-state index contributed by atoms with van der Waals surface area (Å²) in [5.41, 5.74) is 5.28. The summed E-state index contributed by atoms with van der Waals surface area (Å²) in [7, 11) is 0. The van der Waals surface area contributed by atoms with Crippen molar-refractivity contribution in [1.82, 2.24) is 19.6 Å². The Morgan fingerprint density at radius 1 is 1.07 bits per heavy atom. The molecule has 1 amide bonds. The lowest BCUT2D eigenvalue weighted by molar-refractivity contribution is 0.102. The summed E-state index contributed by atoms with van der Waals surface area (Å²) in [6.45, 7) is 5.15. The quantitative estimate of drug-likeness (QED) is 0.492. The van der Waals surface area contributed by atoms with Gasteiger partial charge in [0, 0.05) is 22.5 Å². The van der Waals surface area contributed by atoms with Gasteiger partial charge in [0.05, 0.1) is 30.7 Å². The van der Waals surface area contributed by atoms with E-state index >= 15 is 0 Å². The van der Waals surface area contributed by atoms with Crippen LogP contribution < -0.4 is 5.32 Å². The molecule has 0 fully saturated rings. The Balaban J connectivity index is 1.44. The molecule has 2 aromatic carbocycles. The van der Waals surface area contributed by atoms with Gasteiger partial charge < -0.3 is 5.32 Å². The summed E-state index contributed by atoms with van der Waals surface area (Å²) >= 11 is 6.21. The molecular formula is C23H22ClN5O. The van der Waals surface area contributed by atoms with Gasteiger partial charge in [-0.25, -0.2) is 0 Å². The molecule has 7 heteroatoms. The van der Waals surface area contributed by atoms with Crippen molar-refractivity contribution in [3.05, 3.63) is 100 Å². The maximum Gasteiger partial charge on any atom is 0.255 e. The molecule has 2 heterocycles. The van der Waals surface area contributed by atoms with Crippen molar-refractivity contribution in [2.45, 2.75) is 26.9 Å². The number of carbonyl (C=O) groups excluding carboxylic acids is 1. The molecule has 1 N–H and O–H groups in total. The second-order valence-corrected chi connectivity index (χ2v) is 7.66. The number of hydrogen-bond donors (Lipinski definition) is 1. The number of aromatic nitrogens is 4. The molecule has 6 nitrogen and oxygen atoms in total. The molecule has 0 aliphatic carbocycles. The third kappa shape index (κ3) is 4.60. The highest BCUT2D eigenvalue weighted by Crippen LogP contribution is 2.17. The van der Waals surface area contributed by atoms with Crippen molar-refractivity contribution in [2.75, 3.05) is 5.32 Å². The first-order chi connectivity index (χ1) is 14.5. The van der Waals surface area contributed by atoms with Crippen LogP contribution >= 0.6 is 11.6 Å². The van der Waals surface area contributed by atoms with E-state index in [-0.39, 0.29) is 5.91 Å². The smallest absolute Gasteiger partial charge is 0.255 e. The van der Waals surface area contributed by atoms with E-state index in [9.17, 15) is 4.79 Å². The number of amides is 1. The van der Waals surface area contributed by atoms with Crippen molar-refractivity contribution < 1.29 is 4.79 Å². The molecule has 152 valence electrons. The maximum absolute atomic E-state index is 12.7. The van der Waals surface area contributed by atoms with Crippen molar-refractivity contribution in [1.29, 1.82) is 0 Å². The molecule has 0 radical (unpaired) electrons. The number of nitrogens with one attached hydrogen (secondary N) is 1. The van der Waals surface area contributed by atoms with Gasteiger partial charge in [-0.1, -0.05) is 41.9 Å². The average molecular weight is 420 g/mol. The summed E-state index contributed by atoms with van der Waals surface area (Å²) in [5.74, 6) is -0.178. The molecule has 0 spiro atoms. The molecular weight excluding hydrogens is 398 g/mol. The fraction of sp³-hybridized carbons (Fsp3) is 0.174. The fourth-order valence-corrected chi connectivity index (χ4v) is 3.53. The van der Waals surface area contributed by atoms with Gasteiger partial charge in [0.2, 0.25) is 0 Å². The van der Waals surface area contributed by atoms with Crippen molar-refractivity contribution >= 4 is 23.2 Å². The molecule has 0 saturated heterocycles. The summed E-state index contributed by atoms with van der Waals surface area (Å²) in [6, 6.07) is 17.2. The highest BCUT2D eigenvalue weighted by atomic mass is 35.5. The molecule has 0 saturated carbocycles. The predicted octanol–water partition coefficient (Wildman–Crippen LogP) is 4.70. The first-order valence-electron chi connectivity index (χ1n) is 9.65. The van der Waals surface area contributed by atoms with Crippen LogP contribution in [0.4, 0.5) is 5.69 Å². The maximum atomic E-state index is 12.7. The van der Waals surface area contributed by atoms with Crippen LogP contribution in [0.25, 0.3) is 0 Å². The van der Waals surface area contributed by atoms with Gasteiger partial charge in [0.25, 0.3) is 5.91 Å². The molecule has 0 bridgehead atoms. The van der Waals surface area contributed by atoms with E-state index in [2.05, 4.69) is 15.5 Å². The lowest BCUT2D eigenvalue weighted by Gasteiger charge is -2.07. The molecule has 4 aromatic rings. The van der Waals surface area contributed by atoms with E-state index in [1.807, 2.05) is 67.1 Å². The third-order valence-electron chi connectivity index (χ3n) is 4.81. The molecule has 0 atom stereocenters. The second-order valence-electron chi connectivity index (χ2n) is 7.26. The Hall–Kier alpha value is -3.38. The number of rotatable bonds is 6. The lowest BCUT2D eigenvalue weighted by Crippen LogP contribution is -2.12. The van der Waals surface area contributed by atoms with Gasteiger partial charge in [0.15, 0.2) is 0 Å². The van der Waals surface area contributed by atoms with E-state index in [0.29, 0.717) is 29.4 Å². The SMILES string of the molecule is Cc1cc(C)n(Cc2cccc(C(=O)Nc3cnn(Cc4ccccc4Cl)c3)c2)n1. The number of nitrogens with zero attached hydrogens (tertiary/aromatic N) is 4. The standard InChI is InChI=1S/C23H22ClN5O/c1-16-10-17(2)29(27-16)13-18-6-5-8-19(11-18)23(30)26-21-12-25-28(15-21)14-20-7-3-4-9-22(20)24/h3-12,15H,13-14H2,1-2H3,(H,26,30). The van der Waals surface area contributed by atoms with Crippen LogP contribution in [0, 0.1) is 13.8 Å². The van der Waals surface area contributed by atoms with Gasteiger partial charge >= 0.3 is 0 Å². The number of aryl methyl sites for hydroxylation is 2. The number of anilines is 1. The van der Waals surface area contributed by atoms with Crippen LogP contribution in [-0.4, -0.2) is 25.5 Å². The zero-order valence-electron chi connectivity index (χ0n) is 16.8. The van der Waals surface area contributed by atoms with Crippen LogP contribution in [0.2, 0.25) is 5.02 Å². The summed E-state index contributed by atoms with van der Waals surface area (Å²) in [4.78, 5) is 12.7. The fourth-order valence-electron chi connectivity index (χ4n) is 3.34. The zero-order chi connectivity index (χ0) is 21.1. The van der Waals surface area contributed by atoms with Gasteiger partial charge in [-0.2, -0.15) is 10.2 Å². The molecule has 4 rings (SSSR count). The summed E-state index contributed by atoms with van der Waals surface area (Å²) in [5, 5.41) is 12.4. The van der Waals surface area contributed by atoms with Gasteiger partial charge in [-0.3, -0.25) is 14.2 Å². The Bertz CT molecular complexity index is 1190. The van der Waals surface area contributed by atoms with Crippen LogP contribution in [0.15, 0.2) is 67.0 Å². The third-order valence-corrected chi connectivity index (χ3v) is 5.17. The lowest BCUT2D eigenvalue weighted by atomic mass is 10.1. The van der Waals surface area contributed by atoms with Crippen molar-refractivity contribution in [3.8, 4) is 0 Å². The van der Waals surface area contributed by atoms with Crippen molar-refractivity contribution in [3.63, 3.8) is 0 Å². The second kappa shape index (κ2) is 8.55. The first-order valence-corrected chi connectivity index (χ1v) is 10.0. The number of hydrogen-bond acceptors (Lipinski definition) is 3. The van der Waals surface area contributed by atoms with Gasteiger partial charge in [-0.15, -0.1) is 0 Å². The predicted molar refractivity (Wildman–Crippen MR) is 118 cm³/mol. The number of benzene rings is 2. The highest BCUT2D eigenvalue weighted by molar-refractivity contribution is 6.31. The first kappa shape index (κ1) is 19.9. The van der Waals surface area contributed by atoms with Gasteiger partial charge in [-0.05, 0) is 49.2 Å². The Labute approximate surface area is 180 Å². The molecule has 0 aliphatic heterocycles. The van der Waals surface area contributed by atoms with Crippen molar-refractivity contribution in [2.24, 2.45) is 0 Å². The number of halogens is 1.